The smallest absolute Gasteiger partial charge is 0.433 e. The van der Waals surface area contributed by atoms with Crippen molar-refractivity contribution in [2.45, 2.75) is 31.9 Å². The first-order valence-electron chi connectivity index (χ1n) is 6.61. The number of nitrogens with zero attached hydrogens (tertiary/aromatic N) is 1. The molecule has 0 aliphatic heterocycles. The van der Waals surface area contributed by atoms with Gasteiger partial charge in [-0.25, -0.2) is 9.78 Å². The van der Waals surface area contributed by atoms with Crippen molar-refractivity contribution in [2.75, 3.05) is 11.9 Å². The third-order valence-corrected chi connectivity index (χ3v) is 3.29. The summed E-state index contributed by atoms with van der Waals surface area (Å²) >= 11 is 0. The second kappa shape index (κ2) is 6.15. The molecule has 4 nitrogen and oxygen atoms in total. The molecule has 114 valence electrons. The zero-order valence-corrected chi connectivity index (χ0v) is 11.2. The number of pyridine rings is 1. The number of allylic oxidation sites excluding steroid dienone is 1. The van der Waals surface area contributed by atoms with Crippen LogP contribution in [0.15, 0.2) is 23.8 Å². The van der Waals surface area contributed by atoms with Crippen LogP contribution < -0.4 is 5.32 Å². The monoisotopic (exact) mass is 300 g/mol. The lowest BCUT2D eigenvalue weighted by molar-refractivity contribution is -0.141. The minimum Gasteiger partial charge on any atom is -0.478 e. The van der Waals surface area contributed by atoms with Crippen molar-refractivity contribution in [1.29, 1.82) is 0 Å². The van der Waals surface area contributed by atoms with Crippen LogP contribution in [0.3, 0.4) is 0 Å². The molecule has 1 aliphatic carbocycles. The molecule has 2 N–H and O–H groups in total. The number of alkyl halides is 3. The summed E-state index contributed by atoms with van der Waals surface area (Å²) in [4.78, 5) is 14.4. The Morgan fingerprint density at radius 3 is 2.71 bits per heavy atom. The lowest BCUT2D eigenvalue weighted by atomic mass is 10.1. The molecule has 0 saturated carbocycles. The van der Waals surface area contributed by atoms with E-state index < -0.39 is 17.8 Å². The highest BCUT2D eigenvalue weighted by atomic mass is 19.4. The van der Waals surface area contributed by atoms with Gasteiger partial charge in [-0.1, -0.05) is 11.6 Å². The fourth-order valence-corrected chi connectivity index (χ4v) is 2.23. The summed E-state index contributed by atoms with van der Waals surface area (Å²) in [5.41, 5.74) is -0.121. The average Bonchev–Trinajstić information content (AvgIpc) is 2.90. The molecule has 0 spiro atoms. The molecule has 0 amide bonds. The van der Waals surface area contributed by atoms with Crippen LogP contribution in [0.2, 0.25) is 0 Å². The second-order valence-corrected chi connectivity index (χ2v) is 4.83. The van der Waals surface area contributed by atoms with E-state index in [1.54, 1.807) is 0 Å². The Morgan fingerprint density at radius 1 is 1.38 bits per heavy atom. The van der Waals surface area contributed by atoms with Gasteiger partial charge in [0.15, 0.2) is 0 Å². The van der Waals surface area contributed by atoms with E-state index in [0.29, 0.717) is 19.0 Å². The Balaban J connectivity index is 2.12. The number of carboxylic acid groups (broad SMARTS) is 1. The van der Waals surface area contributed by atoms with Crippen LogP contribution in [-0.2, 0) is 6.18 Å². The molecular formula is C14H15F3N2O2. The number of aromatic carboxylic acids is 1. The lowest BCUT2D eigenvalue weighted by Crippen LogP contribution is -2.15. The largest absolute Gasteiger partial charge is 0.478 e. The fraction of sp³-hybridized carbons (Fsp3) is 0.429. The van der Waals surface area contributed by atoms with Gasteiger partial charge in [-0.2, -0.15) is 13.2 Å². The first kappa shape index (κ1) is 15.3. The maximum absolute atomic E-state index is 12.6. The van der Waals surface area contributed by atoms with E-state index in [0.717, 1.165) is 25.3 Å². The second-order valence-electron chi connectivity index (χ2n) is 4.83. The van der Waals surface area contributed by atoms with Crippen LogP contribution >= 0.6 is 0 Å². The molecule has 1 heterocycles. The molecule has 0 unspecified atom stereocenters. The van der Waals surface area contributed by atoms with Gasteiger partial charge in [0.05, 0.1) is 0 Å². The molecule has 0 saturated heterocycles. The minimum absolute atomic E-state index is 0.240. The van der Waals surface area contributed by atoms with Gasteiger partial charge >= 0.3 is 12.1 Å². The van der Waals surface area contributed by atoms with Gasteiger partial charge in [-0.05, 0) is 37.8 Å². The molecule has 21 heavy (non-hydrogen) atoms. The predicted molar refractivity (Wildman–Crippen MR) is 71.2 cm³/mol. The SMILES string of the molecule is O=C(O)c1ccc(C(F)(F)F)nc1NCCC1=CCCC1. The third kappa shape index (κ3) is 3.96. The van der Waals surface area contributed by atoms with Crippen molar-refractivity contribution >= 4 is 11.8 Å². The van der Waals surface area contributed by atoms with Gasteiger partial charge < -0.3 is 10.4 Å². The van der Waals surface area contributed by atoms with E-state index in [1.165, 1.54) is 5.57 Å². The van der Waals surface area contributed by atoms with E-state index in [-0.39, 0.29) is 11.4 Å². The topological polar surface area (TPSA) is 62.2 Å². The summed E-state index contributed by atoms with van der Waals surface area (Å²) in [6.07, 6.45) is 1.30. The molecule has 1 aromatic rings. The zero-order valence-electron chi connectivity index (χ0n) is 11.2. The average molecular weight is 300 g/mol. The molecular weight excluding hydrogens is 285 g/mol. The third-order valence-electron chi connectivity index (χ3n) is 3.29. The van der Waals surface area contributed by atoms with Crippen LogP contribution in [0.4, 0.5) is 19.0 Å². The number of hydrogen-bond acceptors (Lipinski definition) is 3. The molecule has 0 bridgehead atoms. The predicted octanol–water partition coefficient (Wildman–Crippen LogP) is 3.71. The minimum atomic E-state index is -4.60. The van der Waals surface area contributed by atoms with E-state index >= 15 is 0 Å². The molecule has 0 atom stereocenters. The molecule has 1 aliphatic rings. The van der Waals surface area contributed by atoms with Gasteiger partial charge in [-0.3, -0.25) is 0 Å². The van der Waals surface area contributed by atoms with E-state index in [1.807, 2.05) is 0 Å². The Hall–Kier alpha value is -2.05. The number of rotatable bonds is 5. The number of anilines is 1. The summed E-state index contributed by atoms with van der Waals surface area (Å²) in [5, 5.41) is 11.7. The maximum Gasteiger partial charge on any atom is 0.433 e. The van der Waals surface area contributed by atoms with E-state index in [2.05, 4.69) is 16.4 Å². The maximum atomic E-state index is 12.6. The van der Waals surface area contributed by atoms with Crippen LogP contribution in [0.1, 0.15) is 41.7 Å². The van der Waals surface area contributed by atoms with E-state index in [4.69, 9.17) is 5.11 Å². The highest BCUT2D eigenvalue weighted by Gasteiger charge is 2.33. The molecule has 0 radical (unpaired) electrons. The highest BCUT2D eigenvalue weighted by molar-refractivity contribution is 5.93. The van der Waals surface area contributed by atoms with Crippen molar-refractivity contribution in [2.24, 2.45) is 0 Å². The molecule has 2 rings (SSSR count). The summed E-state index contributed by atoms with van der Waals surface area (Å²) < 4.78 is 37.9. The molecule has 7 heteroatoms. The normalized spacial score (nSPS) is 14.9. The fourth-order valence-electron chi connectivity index (χ4n) is 2.23. The van der Waals surface area contributed by atoms with E-state index in [9.17, 15) is 18.0 Å². The Bertz CT molecular complexity index is 568. The standard InChI is InChI=1S/C14H15F3N2O2/c15-14(16,17)11-6-5-10(13(20)21)12(19-11)18-8-7-9-3-1-2-4-9/h3,5-6H,1-2,4,7-8H2,(H,18,19)(H,20,21). The summed E-state index contributed by atoms with van der Waals surface area (Å²) in [7, 11) is 0. The molecule has 0 aromatic carbocycles. The Kier molecular flexibility index (Phi) is 4.50. The van der Waals surface area contributed by atoms with Gasteiger partial charge in [0, 0.05) is 6.54 Å². The van der Waals surface area contributed by atoms with Crippen molar-refractivity contribution in [1.82, 2.24) is 4.98 Å². The number of nitrogens with one attached hydrogen (secondary N) is 1. The number of carbonyl (C=O) groups is 1. The Morgan fingerprint density at radius 2 is 2.14 bits per heavy atom. The van der Waals surface area contributed by atoms with Crippen LogP contribution in [0, 0.1) is 0 Å². The molecule has 0 fully saturated rings. The quantitative estimate of drug-likeness (QED) is 0.814. The first-order chi connectivity index (χ1) is 9.88. The number of aromatic nitrogens is 1. The van der Waals surface area contributed by atoms with Crippen molar-refractivity contribution in [3.8, 4) is 0 Å². The van der Waals surface area contributed by atoms with Gasteiger partial charge in [0.1, 0.15) is 17.1 Å². The van der Waals surface area contributed by atoms with Gasteiger partial charge in [0.2, 0.25) is 0 Å². The van der Waals surface area contributed by atoms with Gasteiger partial charge in [0.25, 0.3) is 0 Å². The first-order valence-corrected chi connectivity index (χ1v) is 6.61. The number of hydrogen-bond donors (Lipinski definition) is 2. The summed E-state index contributed by atoms with van der Waals surface area (Å²) in [6, 6.07) is 1.60. The van der Waals surface area contributed by atoms with Crippen molar-refractivity contribution in [3.05, 3.63) is 35.0 Å². The van der Waals surface area contributed by atoms with Gasteiger partial charge in [-0.15, -0.1) is 0 Å². The van der Waals surface area contributed by atoms with Crippen LogP contribution in [0.25, 0.3) is 0 Å². The lowest BCUT2D eigenvalue weighted by Gasteiger charge is -2.12. The van der Waals surface area contributed by atoms with Crippen LogP contribution in [0.5, 0.6) is 0 Å². The summed E-state index contributed by atoms with van der Waals surface area (Å²) in [6.45, 7) is 0.362. The zero-order chi connectivity index (χ0) is 15.5. The van der Waals surface area contributed by atoms with Crippen LogP contribution in [-0.4, -0.2) is 22.6 Å². The molecule has 1 aromatic heterocycles. The number of carboxylic acids is 1. The number of halogens is 3. The summed E-state index contributed by atoms with van der Waals surface area (Å²) in [5.74, 6) is -1.55. The Labute approximate surface area is 119 Å². The highest BCUT2D eigenvalue weighted by Crippen LogP contribution is 2.29. The van der Waals surface area contributed by atoms with Crippen molar-refractivity contribution in [3.63, 3.8) is 0 Å². The van der Waals surface area contributed by atoms with Crippen molar-refractivity contribution < 1.29 is 23.1 Å².